The Bertz CT molecular complexity index is 920. The number of halogens is 1. The minimum Gasteiger partial charge on any atom is -0.358 e. The summed E-state index contributed by atoms with van der Waals surface area (Å²) in [5.41, 5.74) is 1.55. The number of nitrogens with zero attached hydrogens (tertiary/aromatic N) is 4. The maximum atomic E-state index is 14.8. The van der Waals surface area contributed by atoms with Gasteiger partial charge in [-0.05, 0) is 48.3 Å². The molecule has 0 saturated carbocycles. The summed E-state index contributed by atoms with van der Waals surface area (Å²) < 4.78 is 21.9. The Hall–Kier alpha value is -2.81. The Labute approximate surface area is 154 Å². The largest absolute Gasteiger partial charge is 0.398 e. The van der Waals surface area contributed by atoms with Crippen molar-refractivity contribution in [2.24, 2.45) is 0 Å². The van der Waals surface area contributed by atoms with Gasteiger partial charge in [-0.25, -0.2) is 4.39 Å². The van der Waals surface area contributed by atoms with Crippen molar-refractivity contribution >= 4 is 17.4 Å². The van der Waals surface area contributed by atoms with E-state index in [4.69, 9.17) is 4.74 Å². The van der Waals surface area contributed by atoms with Crippen LogP contribution in [0.5, 0.6) is 0 Å². The molecule has 4 rings (SSSR count). The number of hydrogen-bond acceptors (Lipinski definition) is 5. The Morgan fingerprint density at radius 2 is 2.19 bits per heavy atom. The summed E-state index contributed by atoms with van der Waals surface area (Å²) in [5, 5.41) is 15.5. The fourth-order valence-electron chi connectivity index (χ4n) is 3.73. The van der Waals surface area contributed by atoms with Crippen molar-refractivity contribution in [3.8, 4) is 11.1 Å². The van der Waals surface area contributed by atoms with Crippen LogP contribution in [0.25, 0.3) is 11.1 Å². The average Bonchev–Trinajstić information content (AvgIpc) is 3.25. The number of fused-ring (bicyclic) bond motifs is 1. The summed E-state index contributed by atoms with van der Waals surface area (Å²) in [5.74, 6) is -1.17. The van der Waals surface area contributed by atoms with Crippen molar-refractivity contribution in [1.82, 2.24) is 9.78 Å². The second kappa shape index (κ2) is 6.73. The quantitative estimate of drug-likeness (QED) is 0.608. The number of aromatic nitrogens is 2. The topological polar surface area (TPSA) is 90.5 Å². The SMILES string of the molecule is CC(=O)N1CCc2cc(-c3cn(C4CCCCO4)nc3[N+](=O)[O-])c(F)cc21. The van der Waals surface area contributed by atoms with Gasteiger partial charge in [-0.1, -0.05) is 0 Å². The highest BCUT2D eigenvalue weighted by atomic mass is 19.1. The van der Waals surface area contributed by atoms with E-state index in [1.165, 1.54) is 28.8 Å². The molecule has 27 heavy (non-hydrogen) atoms. The first-order valence-corrected chi connectivity index (χ1v) is 8.91. The fourth-order valence-corrected chi connectivity index (χ4v) is 3.73. The van der Waals surface area contributed by atoms with Gasteiger partial charge < -0.3 is 19.8 Å². The molecule has 1 aromatic heterocycles. The first-order valence-electron chi connectivity index (χ1n) is 8.91. The second-order valence-electron chi connectivity index (χ2n) is 6.81. The third-order valence-electron chi connectivity index (χ3n) is 5.07. The van der Waals surface area contributed by atoms with E-state index in [2.05, 4.69) is 5.10 Å². The summed E-state index contributed by atoms with van der Waals surface area (Å²) in [7, 11) is 0. The molecular weight excluding hydrogens is 355 g/mol. The van der Waals surface area contributed by atoms with Gasteiger partial charge in [-0.15, -0.1) is 0 Å². The molecule has 2 aromatic rings. The minimum atomic E-state index is -0.617. The van der Waals surface area contributed by atoms with Crippen LogP contribution in [0.3, 0.4) is 0 Å². The van der Waals surface area contributed by atoms with Crippen molar-refractivity contribution in [1.29, 1.82) is 0 Å². The van der Waals surface area contributed by atoms with E-state index in [0.29, 0.717) is 31.7 Å². The summed E-state index contributed by atoms with van der Waals surface area (Å²) >= 11 is 0. The van der Waals surface area contributed by atoms with Crippen LogP contribution in [0.15, 0.2) is 18.3 Å². The molecule has 2 aliphatic heterocycles. The predicted molar refractivity (Wildman–Crippen MR) is 94.8 cm³/mol. The van der Waals surface area contributed by atoms with Crippen LogP contribution in [0.4, 0.5) is 15.9 Å². The molecule has 2 aliphatic rings. The highest BCUT2D eigenvalue weighted by molar-refractivity contribution is 5.94. The molecule has 0 radical (unpaired) electrons. The molecule has 9 heteroatoms. The van der Waals surface area contributed by atoms with Crippen LogP contribution >= 0.6 is 0 Å². The molecule has 1 fully saturated rings. The van der Waals surface area contributed by atoms with Crippen molar-refractivity contribution in [2.45, 2.75) is 38.8 Å². The molecule has 1 amide bonds. The lowest BCUT2D eigenvalue weighted by atomic mass is 10.0. The number of amides is 1. The van der Waals surface area contributed by atoms with Gasteiger partial charge >= 0.3 is 5.82 Å². The third kappa shape index (κ3) is 3.08. The van der Waals surface area contributed by atoms with Gasteiger partial charge in [0.05, 0.1) is 11.3 Å². The standard InChI is InChI=1S/C18H19FN4O4/c1-11(24)21-6-5-12-8-13(15(19)9-16(12)21)14-10-22(20-18(14)23(25)26)17-4-2-3-7-27-17/h8-10,17H,2-7H2,1H3. The van der Waals surface area contributed by atoms with Crippen LogP contribution in [0, 0.1) is 15.9 Å². The summed E-state index contributed by atoms with van der Waals surface area (Å²) in [6.45, 7) is 2.48. The summed E-state index contributed by atoms with van der Waals surface area (Å²) in [4.78, 5) is 24.1. The highest BCUT2D eigenvalue weighted by Crippen LogP contribution is 2.38. The van der Waals surface area contributed by atoms with E-state index in [1.54, 1.807) is 6.07 Å². The van der Waals surface area contributed by atoms with Gasteiger partial charge in [-0.3, -0.25) is 4.79 Å². The number of nitro groups is 1. The van der Waals surface area contributed by atoms with E-state index in [0.717, 1.165) is 18.4 Å². The molecule has 0 N–H and O–H groups in total. The van der Waals surface area contributed by atoms with Crippen LogP contribution in [0.1, 0.15) is 38.0 Å². The van der Waals surface area contributed by atoms with Crippen LogP contribution in [0.2, 0.25) is 0 Å². The van der Waals surface area contributed by atoms with E-state index < -0.39 is 16.6 Å². The van der Waals surface area contributed by atoms with Crippen molar-refractivity contribution in [2.75, 3.05) is 18.1 Å². The number of carbonyl (C=O) groups excluding carboxylic acids is 1. The lowest BCUT2D eigenvalue weighted by Gasteiger charge is -2.20. The highest BCUT2D eigenvalue weighted by Gasteiger charge is 2.31. The first kappa shape index (κ1) is 17.6. The summed E-state index contributed by atoms with van der Waals surface area (Å²) in [6, 6.07) is 2.86. The lowest BCUT2D eigenvalue weighted by molar-refractivity contribution is -0.389. The average molecular weight is 374 g/mol. The number of hydrogen-bond donors (Lipinski definition) is 0. The third-order valence-corrected chi connectivity index (χ3v) is 5.07. The minimum absolute atomic E-state index is 0.118. The number of benzene rings is 1. The van der Waals surface area contributed by atoms with Gasteiger partial charge in [-0.2, -0.15) is 4.68 Å². The first-order chi connectivity index (χ1) is 13.0. The maximum Gasteiger partial charge on any atom is 0.398 e. The molecule has 1 atom stereocenters. The molecule has 1 aromatic carbocycles. The number of anilines is 1. The van der Waals surface area contributed by atoms with E-state index in [9.17, 15) is 19.3 Å². The molecule has 142 valence electrons. The maximum absolute atomic E-state index is 14.8. The molecule has 8 nitrogen and oxygen atoms in total. The monoisotopic (exact) mass is 374 g/mol. The predicted octanol–water partition coefficient (Wildman–Crippen LogP) is 3.21. The van der Waals surface area contributed by atoms with Gasteiger partial charge in [0.15, 0.2) is 6.23 Å². The van der Waals surface area contributed by atoms with Crippen LogP contribution in [-0.2, 0) is 16.0 Å². The number of carbonyl (C=O) groups is 1. The Kier molecular flexibility index (Phi) is 4.39. The van der Waals surface area contributed by atoms with Crippen LogP contribution < -0.4 is 4.90 Å². The molecule has 3 heterocycles. The van der Waals surface area contributed by atoms with Gasteiger partial charge in [0.25, 0.3) is 0 Å². The smallest absolute Gasteiger partial charge is 0.358 e. The summed E-state index contributed by atoms with van der Waals surface area (Å²) in [6.07, 6.45) is 4.28. The molecule has 0 bridgehead atoms. The molecule has 0 aliphatic carbocycles. The zero-order valence-corrected chi connectivity index (χ0v) is 14.9. The fraction of sp³-hybridized carbons (Fsp3) is 0.444. The Morgan fingerprint density at radius 1 is 1.37 bits per heavy atom. The molecule has 1 saturated heterocycles. The van der Waals surface area contributed by atoms with Crippen molar-refractivity contribution in [3.63, 3.8) is 0 Å². The number of rotatable bonds is 3. The van der Waals surface area contributed by atoms with Gasteiger partial charge in [0.1, 0.15) is 11.4 Å². The van der Waals surface area contributed by atoms with Crippen LogP contribution in [-0.4, -0.2) is 33.8 Å². The lowest BCUT2D eigenvalue weighted by Crippen LogP contribution is -2.25. The molecular formula is C18H19FN4O4. The Balaban J connectivity index is 1.78. The van der Waals surface area contributed by atoms with E-state index in [1.807, 2.05) is 0 Å². The second-order valence-corrected chi connectivity index (χ2v) is 6.81. The van der Waals surface area contributed by atoms with Crippen molar-refractivity contribution in [3.05, 3.63) is 39.8 Å². The van der Waals surface area contributed by atoms with Gasteiger partial charge in [0, 0.05) is 31.3 Å². The zero-order valence-electron chi connectivity index (χ0n) is 14.9. The zero-order chi connectivity index (χ0) is 19.1. The van der Waals surface area contributed by atoms with Gasteiger partial charge in [0.2, 0.25) is 5.91 Å². The molecule has 1 unspecified atom stereocenters. The van der Waals surface area contributed by atoms with E-state index >= 15 is 0 Å². The van der Waals surface area contributed by atoms with E-state index in [-0.39, 0.29) is 23.3 Å². The number of ether oxygens (including phenoxy) is 1. The van der Waals surface area contributed by atoms with Crippen molar-refractivity contribution < 1.29 is 18.8 Å². The molecule has 0 spiro atoms. The Morgan fingerprint density at radius 3 is 2.85 bits per heavy atom. The normalized spacial score (nSPS) is 19.2.